The molecule has 0 aliphatic heterocycles. The van der Waals surface area contributed by atoms with Crippen LogP contribution in [0.25, 0.3) is 22.7 Å². The fourth-order valence-corrected chi connectivity index (χ4v) is 2.89. The van der Waals surface area contributed by atoms with E-state index in [9.17, 15) is 0 Å². The molecule has 0 fully saturated rings. The number of aromatic nitrogens is 3. The molecule has 0 spiro atoms. The molecule has 0 N–H and O–H groups in total. The van der Waals surface area contributed by atoms with Crippen molar-refractivity contribution in [2.45, 2.75) is 13.5 Å². The zero-order chi connectivity index (χ0) is 18.8. The van der Waals surface area contributed by atoms with Crippen LogP contribution in [0.3, 0.4) is 0 Å². The SMILES string of the molecule is Cc1onc(-c2ccccc2)c1-c1nnc(COc2cc(Cl)ccc2Cl)o1. The van der Waals surface area contributed by atoms with Crippen LogP contribution >= 0.6 is 23.2 Å². The highest BCUT2D eigenvalue weighted by atomic mass is 35.5. The average Bonchev–Trinajstić information content (AvgIpc) is 3.29. The van der Waals surface area contributed by atoms with Crippen LogP contribution in [0.5, 0.6) is 5.75 Å². The first-order valence-corrected chi connectivity index (χ1v) is 8.79. The first kappa shape index (κ1) is 17.6. The molecule has 4 aromatic rings. The molecule has 0 amide bonds. The molecule has 27 heavy (non-hydrogen) atoms. The van der Waals surface area contributed by atoms with Crippen LogP contribution in [0.4, 0.5) is 0 Å². The van der Waals surface area contributed by atoms with E-state index in [0.717, 1.165) is 5.56 Å². The van der Waals surface area contributed by atoms with Crippen LogP contribution < -0.4 is 4.74 Å². The van der Waals surface area contributed by atoms with Gasteiger partial charge < -0.3 is 13.7 Å². The van der Waals surface area contributed by atoms with Crippen LogP contribution in [-0.2, 0) is 6.61 Å². The lowest BCUT2D eigenvalue weighted by atomic mass is 10.1. The summed E-state index contributed by atoms with van der Waals surface area (Å²) in [6.45, 7) is 1.85. The van der Waals surface area contributed by atoms with Gasteiger partial charge in [0.2, 0.25) is 0 Å². The maximum absolute atomic E-state index is 6.09. The lowest BCUT2D eigenvalue weighted by molar-refractivity contribution is 0.264. The van der Waals surface area contributed by atoms with E-state index >= 15 is 0 Å². The third-order valence-corrected chi connectivity index (χ3v) is 4.38. The van der Waals surface area contributed by atoms with E-state index in [1.54, 1.807) is 25.1 Å². The topological polar surface area (TPSA) is 74.2 Å². The summed E-state index contributed by atoms with van der Waals surface area (Å²) in [6, 6.07) is 14.6. The molecule has 2 heterocycles. The van der Waals surface area contributed by atoms with Gasteiger partial charge in [-0.15, -0.1) is 10.2 Å². The molecule has 0 aliphatic rings. The van der Waals surface area contributed by atoms with Gasteiger partial charge in [0.25, 0.3) is 11.8 Å². The van der Waals surface area contributed by atoms with Crippen molar-refractivity contribution in [3.8, 4) is 28.5 Å². The Morgan fingerprint density at radius 1 is 1.04 bits per heavy atom. The van der Waals surface area contributed by atoms with Crippen LogP contribution in [0.15, 0.2) is 57.5 Å². The summed E-state index contributed by atoms with van der Waals surface area (Å²) in [7, 11) is 0. The minimum Gasteiger partial charge on any atom is -0.482 e. The monoisotopic (exact) mass is 401 g/mol. The Labute approximate surface area is 164 Å². The van der Waals surface area contributed by atoms with Crippen molar-refractivity contribution < 1.29 is 13.7 Å². The number of rotatable bonds is 5. The predicted molar refractivity (Wildman–Crippen MR) is 101 cm³/mol. The van der Waals surface area contributed by atoms with Crippen LogP contribution in [-0.4, -0.2) is 15.4 Å². The van der Waals surface area contributed by atoms with Crippen molar-refractivity contribution in [2.75, 3.05) is 0 Å². The molecule has 0 saturated carbocycles. The molecule has 2 aromatic carbocycles. The van der Waals surface area contributed by atoms with Crippen molar-refractivity contribution >= 4 is 23.2 Å². The molecule has 8 heteroatoms. The van der Waals surface area contributed by atoms with Crippen molar-refractivity contribution in [2.24, 2.45) is 0 Å². The number of halogens is 2. The Kier molecular flexibility index (Phi) is 4.83. The maximum Gasteiger partial charge on any atom is 0.254 e. The van der Waals surface area contributed by atoms with Gasteiger partial charge in [0.05, 0.1) is 5.02 Å². The molecular formula is C19H13Cl2N3O3. The summed E-state index contributed by atoms with van der Waals surface area (Å²) in [5, 5.41) is 13.2. The highest BCUT2D eigenvalue weighted by molar-refractivity contribution is 6.34. The number of benzene rings is 2. The summed E-state index contributed by atoms with van der Waals surface area (Å²) < 4.78 is 16.7. The van der Waals surface area contributed by atoms with Crippen molar-refractivity contribution in [3.05, 3.63) is 70.2 Å². The lowest BCUT2D eigenvalue weighted by Crippen LogP contribution is -1.96. The van der Waals surface area contributed by atoms with Gasteiger partial charge in [0.15, 0.2) is 6.61 Å². The first-order chi connectivity index (χ1) is 13.1. The Balaban J connectivity index is 1.59. The second-order valence-electron chi connectivity index (χ2n) is 5.69. The van der Waals surface area contributed by atoms with E-state index in [4.69, 9.17) is 36.9 Å². The molecule has 0 saturated heterocycles. The summed E-state index contributed by atoms with van der Waals surface area (Å²) in [4.78, 5) is 0. The van der Waals surface area contributed by atoms with E-state index < -0.39 is 0 Å². The van der Waals surface area contributed by atoms with Gasteiger partial charge in [-0.2, -0.15) is 0 Å². The molecule has 136 valence electrons. The molecule has 0 bridgehead atoms. The fourth-order valence-electron chi connectivity index (χ4n) is 2.56. The first-order valence-electron chi connectivity index (χ1n) is 8.04. The molecule has 0 aliphatic carbocycles. The zero-order valence-corrected chi connectivity index (χ0v) is 15.7. The summed E-state index contributed by atoms with van der Waals surface area (Å²) >= 11 is 12.0. The number of hydrogen-bond acceptors (Lipinski definition) is 6. The summed E-state index contributed by atoms with van der Waals surface area (Å²) in [5.41, 5.74) is 2.19. The number of hydrogen-bond donors (Lipinski definition) is 0. The minimum absolute atomic E-state index is 0.0536. The standard InChI is InChI=1S/C19H13Cl2N3O3/c1-11-17(18(24-27-11)12-5-3-2-4-6-12)19-23-22-16(26-19)10-25-15-9-13(20)7-8-14(15)21/h2-9H,10H2,1H3. The van der Waals surface area contributed by atoms with Gasteiger partial charge in [-0.25, -0.2) is 0 Å². The third-order valence-electron chi connectivity index (χ3n) is 3.84. The van der Waals surface area contributed by atoms with Crippen molar-refractivity contribution in [3.63, 3.8) is 0 Å². The van der Waals surface area contributed by atoms with E-state index in [2.05, 4.69) is 15.4 Å². The van der Waals surface area contributed by atoms with Gasteiger partial charge in [0, 0.05) is 16.7 Å². The highest BCUT2D eigenvalue weighted by Gasteiger charge is 2.22. The normalized spacial score (nSPS) is 10.9. The predicted octanol–water partition coefficient (Wildman–Crippen LogP) is 5.59. The van der Waals surface area contributed by atoms with Gasteiger partial charge in [-0.3, -0.25) is 0 Å². The lowest BCUT2D eigenvalue weighted by Gasteiger charge is -2.05. The second kappa shape index (κ2) is 7.42. The van der Waals surface area contributed by atoms with Gasteiger partial charge in [-0.05, 0) is 19.1 Å². The van der Waals surface area contributed by atoms with Gasteiger partial charge in [0.1, 0.15) is 22.8 Å². The zero-order valence-electron chi connectivity index (χ0n) is 14.1. The largest absolute Gasteiger partial charge is 0.482 e. The smallest absolute Gasteiger partial charge is 0.254 e. The molecule has 2 aromatic heterocycles. The van der Waals surface area contributed by atoms with Crippen molar-refractivity contribution in [1.29, 1.82) is 0 Å². The second-order valence-corrected chi connectivity index (χ2v) is 6.54. The van der Waals surface area contributed by atoms with E-state index in [1.807, 2.05) is 30.3 Å². The number of ether oxygens (including phenoxy) is 1. The molecule has 6 nitrogen and oxygen atoms in total. The Morgan fingerprint density at radius 3 is 2.67 bits per heavy atom. The Bertz CT molecular complexity index is 1080. The fraction of sp³-hybridized carbons (Fsp3) is 0.105. The quantitative estimate of drug-likeness (QED) is 0.434. The van der Waals surface area contributed by atoms with Crippen LogP contribution in [0, 0.1) is 6.92 Å². The van der Waals surface area contributed by atoms with Crippen LogP contribution in [0.1, 0.15) is 11.7 Å². The molecule has 0 unspecified atom stereocenters. The van der Waals surface area contributed by atoms with Gasteiger partial charge in [-0.1, -0.05) is 58.7 Å². The third kappa shape index (κ3) is 3.67. The van der Waals surface area contributed by atoms with E-state index in [0.29, 0.717) is 44.6 Å². The number of aryl methyl sites for hydroxylation is 1. The Morgan fingerprint density at radius 2 is 1.85 bits per heavy atom. The summed E-state index contributed by atoms with van der Waals surface area (Å²) in [5.74, 6) is 1.63. The minimum atomic E-state index is 0.0536. The van der Waals surface area contributed by atoms with E-state index in [-0.39, 0.29) is 6.61 Å². The van der Waals surface area contributed by atoms with Crippen LogP contribution in [0.2, 0.25) is 10.0 Å². The molecule has 0 atom stereocenters. The maximum atomic E-state index is 6.09. The van der Waals surface area contributed by atoms with E-state index in [1.165, 1.54) is 0 Å². The molecule has 0 radical (unpaired) electrons. The highest BCUT2D eigenvalue weighted by Crippen LogP contribution is 2.33. The molecule has 4 rings (SSSR count). The Hall–Kier alpha value is -2.83. The van der Waals surface area contributed by atoms with Crippen molar-refractivity contribution in [1.82, 2.24) is 15.4 Å². The summed E-state index contributed by atoms with van der Waals surface area (Å²) in [6.07, 6.45) is 0. The molecular weight excluding hydrogens is 389 g/mol. The average molecular weight is 402 g/mol. The van der Waals surface area contributed by atoms with Gasteiger partial charge >= 0.3 is 0 Å². The number of nitrogens with zero attached hydrogens (tertiary/aromatic N) is 3.